The molecule has 0 spiro atoms. The van der Waals surface area contributed by atoms with E-state index in [-0.39, 0.29) is 25.8 Å². The zero-order chi connectivity index (χ0) is 57.3. The van der Waals surface area contributed by atoms with Gasteiger partial charge in [-0.3, -0.25) is 0 Å². The van der Waals surface area contributed by atoms with E-state index in [0.29, 0.717) is 5.57 Å². The highest BCUT2D eigenvalue weighted by Gasteiger charge is 2.16. The summed E-state index contributed by atoms with van der Waals surface area (Å²) < 4.78 is 15.4. The number of anilines is 9. The minimum absolute atomic E-state index is 0.224. The fraction of sp³-hybridized carbons (Fsp3) is 0.0548. The van der Waals surface area contributed by atoms with Crippen molar-refractivity contribution in [1.29, 1.82) is 0 Å². The molecule has 82 heavy (non-hydrogen) atoms. The second-order valence-corrected chi connectivity index (χ2v) is 18.6. The van der Waals surface area contributed by atoms with Gasteiger partial charge in [0.25, 0.3) is 0 Å². The summed E-state index contributed by atoms with van der Waals surface area (Å²) in [6, 6.07) is 94.0. The number of carbonyl (C=O) groups is 3. The van der Waals surface area contributed by atoms with Crippen LogP contribution in [0.25, 0.3) is 11.1 Å². The van der Waals surface area contributed by atoms with Gasteiger partial charge in [-0.1, -0.05) is 190 Å². The van der Waals surface area contributed by atoms with Gasteiger partial charge in [-0.05, 0) is 144 Å². The lowest BCUT2D eigenvalue weighted by molar-refractivity contribution is -0.140. The van der Waals surface area contributed by atoms with Gasteiger partial charge in [0.1, 0.15) is 19.8 Å². The molecule has 0 aliphatic heterocycles. The molecule has 0 N–H and O–H groups in total. The van der Waals surface area contributed by atoms with Crippen molar-refractivity contribution < 1.29 is 28.6 Å². The predicted molar refractivity (Wildman–Crippen MR) is 333 cm³/mol. The minimum atomic E-state index is -0.423. The van der Waals surface area contributed by atoms with Crippen LogP contribution in [0.2, 0.25) is 0 Å². The number of hydrogen-bond acceptors (Lipinski definition) is 9. The lowest BCUT2D eigenvalue weighted by Crippen LogP contribution is -2.10. The highest BCUT2D eigenvalue weighted by Crippen LogP contribution is 2.38. The molecule has 0 saturated carbocycles. The predicted octanol–water partition coefficient (Wildman–Crippen LogP) is 18.2. The molecule has 0 atom stereocenters. The van der Waals surface area contributed by atoms with Crippen molar-refractivity contribution in [3.63, 3.8) is 0 Å². The Morgan fingerprint density at radius 1 is 0.317 bits per heavy atom. The third kappa shape index (κ3) is 16.4. The topological polar surface area (TPSA) is 88.6 Å². The average Bonchev–Trinajstić information content (AvgIpc) is 3.57. The number of para-hydroxylation sites is 5. The van der Waals surface area contributed by atoms with Crippen LogP contribution in [0.5, 0.6) is 0 Å². The summed E-state index contributed by atoms with van der Waals surface area (Å²) in [4.78, 5) is 40.6. The number of carbonyl (C=O) groups excluding carboxylic acids is 3. The zero-order valence-corrected chi connectivity index (χ0v) is 45.7. The van der Waals surface area contributed by atoms with Gasteiger partial charge in [0.15, 0.2) is 0 Å². The first-order chi connectivity index (χ1) is 40.2. The van der Waals surface area contributed by atoms with Crippen molar-refractivity contribution in [3.05, 3.63) is 333 Å². The van der Waals surface area contributed by atoms with Gasteiger partial charge in [0, 0.05) is 68.9 Å². The normalized spacial score (nSPS) is 10.2. The Bertz CT molecular complexity index is 3520. The van der Waals surface area contributed by atoms with Crippen LogP contribution in [0.3, 0.4) is 0 Å². The van der Waals surface area contributed by atoms with Crippen molar-refractivity contribution in [3.8, 4) is 11.1 Å². The van der Waals surface area contributed by atoms with Crippen molar-refractivity contribution in [2.45, 2.75) is 26.7 Å². The Morgan fingerprint density at radius 2 is 0.537 bits per heavy atom. The highest BCUT2D eigenvalue weighted by molar-refractivity contribution is 5.87. The SMILES string of the molecule is C=C(C)C(=O)OCc1ccc(N(c2ccccc2)c2ccccc2)cc1.C=CC(=O)OCc1ccc(N(c2ccccc2)c2ccc(-c3ccccc3)cc2)cc1.C=CC(=O)OCc1ccc(N(c2ccccc2)c2ccccc2)cc1. The first kappa shape index (κ1) is 57.4. The number of esters is 3. The van der Waals surface area contributed by atoms with E-state index in [4.69, 9.17) is 14.2 Å². The largest absolute Gasteiger partial charge is 0.458 e. The first-order valence-corrected chi connectivity index (χ1v) is 26.7. The summed E-state index contributed by atoms with van der Waals surface area (Å²) in [6.45, 7) is 12.8. The summed E-state index contributed by atoms with van der Waals surface area (Å²) in [5, 5.41) is 0. The molecule has 0 saturated heterocycles. The molecule has 10 aromatic rings. The summed E-state index contributed by atoms with van der Waals surface area (Å²) in [6.07, 6.45) is 2.34. The van der Waals surface area contributed by atoms with Gasteiger partial charge in [0.05, 0.1) is 0 Å². The summed E-state index contributed by atoms with van der Waals surface area (Å²) >= 11 is 0. The molecule has 10 aromatic carbocycles. The second-order valence-electron chi connectivity index (χ2n) is 18.6. The van der Waals surface area contributed by atoms with Gasteiger partial charge >= 0.3 is 17.9 Å². The fourth-order valence-corrected chi connectivity index (χ4v) is 8.58. The Labute approximate surface area is 481 Å². The molecule has 0 aliphatic carbocycles. The number of rotatable bonds is 19. The molecule has 0 amide bonds. The van der Waals surface area contributed by atoms with Gasteiger partial charge in [-0.2, -0.15) is 0 Å². The molecule has 0 fully saturated rings. The van der Waals surface area contributed by atoms with Crippen LogP contribution >= 0.6 is 0 Å². The quantitative estimate of drug-likeness (QED) is 0.0446. The monoisotopic (exact) mass is 1080 g/mol. The number of nitrogens with zero attached hydrogens (tertiary/aromatic N) is 3. The van der Waals surface area contributed by atoms with Crippen molar-refractivity contribution >= 4 is 69.1 Å². The summed E-state index contributed by atoms with van der Waals surface area (Å²) in [5.74, 6) is -1.21. The Kier molecular flexibility index (Phi) is 20.9. The van der Waals surface area contributed by atoms with E-state index in [0.717, 1.165) is 67.9 Å². The molecule has 0 bridgehead atoms. The molecule has 0 aliphatic rings. The van der Waals surface area contributed by atoms with E-state index in [9.17, 15) is 14.4 Å². The molecule has 9 heteroatoms. The molecule has 0 radical (unpaired) electrons. The van der Waals surface area contributed by atoms with Crippen molar-refractivity contribution in [2.75, 3.05) is 14.7 Å². The lowest BCUT2D eigenvalue weighted by Gasteiger charge is -2.26. The maximum Gasteiger partial charge on any atom is 0.333 e. The number of hydrogen-bond donors (Lipinski definition) is 0. The van der Waals surface area contributed by atoms with Crippen LogP contribution < -0.4 is 14.7 Å². The Balaban J connectivity index is 0.000000162. The molecule has 0 aromatic heterocycles. The van der Waals surface area contributed by atoms with Crippen molar-refractivity contribution in [1.82, 2.24) is 0 Å². The van der Waals surface area contributed by atoms with Gasteiger partial charge in [0.2, 0.25) is 0 Å². The van der Waals surface area contributed by atoms with Gasteiger partial charge in [-0.15, -0.1) is 0 Å². The maximum absolute atomic E-state index is 11.5. The lowest BCUT2D eigenvalue weighted by atomic mass is 10.0. The van der Waals surface area contributed by atoms with Crippen LogP contribution in [-0.2, 0) is 48.4 Å². The molecule has 9 nitrogen and oxygen atoms in total. The maximum atomic E-state index is 11.5. The van der Waals surface area contributed by atoms with E-state index >= 15 is 0 Å². The number of ether oxygens (including phenoxy) is 3. The fourth-order valence-electron chi connectivity index (χ4n) is 8.58. The van der Waals surface area contributed by atoms with Crippen LogP contribution in [0.4, 0.5) is 51.2 Å². The van der Waals surface area contributed by atoms with Crippen LogP contribution in [-0.4, -0.2) is 17.9 Å². The standard InChI is InChI=1S/C28H23NO2.C23H21NO2.C22H19NO2/c1-2-28(30)31-21-22-13-17-26(18-14-22)29(25-11-7-4-8-12-25)27-19-15-24(16-20-27)23-9-5-3-6-10-23;1-18(2)23(25)26-17-19-13-15-22(16-14-19)24(20-9-5-3-6-10-20)21-11-7-4-8-12-21;1-2-22(24)25-17-18-13-15-21(16-14-18)23(19-9-5-3-6-10-19)20-11-7-4-8-12-20/h2-20H,1,21H2;3-16H,1,17H2,2H3;2-16H,1,17H2. The van der Waals surface area contributed by atoms with E-state index in [2.05, 4.69) is 131 Å². The smallest absolute Gasteiger partial charge is 0.333 e. The highest BCUT2D eigenvalue weighted by atomic mass is 16.5. The Hall–Kier alpha value is -10.8. The average molecular weight is 1080 g/mol. The van der Waals surface area contributed by atoms with Crippen LogP contribution in [0.1, 0.15) is 23.6 Å². The third-order valence-corrected chi connectivity index (χ3v) is 12.7. The van der Waals surface area contributed by atoms with E-state index in [1.54, 1.807) is 6.92 Å². The summed E-state index contributed by atoms with van der Waals surface area (Å²) in [7, 11) is 0. The van der Waals surface area contributed by atoms with Gasteiger partial charge in [-0.25, -0.2) is 14.4 Å². The molecule has 0 unspecified atom stereocenters. The molecular weight excluding hydrogens is 1010 g/mol. The first-order valence-electron chi connectivity index (χ1n) is 26.7. The van der Waals surface area contributed by atoms with E-state index in [1.165, 1.54) is 23.3 Å². The number of benzene rings is 10. The van der Waals surface area contributed by atoms with E-state index < -0.39 is 11.9 Å². The van der Waals surface area contributed by atoms with Gasteiger partial charge < -0.3 is 28.9 Å². The molecule has 10 rings (SSSR count). The molecular formula is C73H63N3O6. The van der Waals surface area contributed by atoms with E-state index in [1.807, 2.05) is 182 Å². The van der Waals surface area contributed by atoms with Crippen molar-refractivity contribution in [2.24, 2.45) is 0 Å². The zero-order valence-electron chi connectivity index (χ0n) is 45.7. The summed E-state index contributed by atoms with van der Waals surface area (Å²) in [5.41, 5.74) is 15.1. The van der Waals surface area contributed by atoms with Crippen LogP contribution in [0.15, 0.2) is 317 Å². The van der Waals surface area contributed by atoms with Crippen LogP contribution in [0, 0.1) is 0 Å². The molecule has 406 valence electrons. The Morgan fingerprint density at radius 3 is 0.793 bits per heavy atom. The molecule has 0 heterocycles. The second kappa shape index (κ2) is 29.8. The third-order valence-electron chi connectivity index (χ3n) is 12.7. The minimum Gasteiger partial charge on any atom is -0.458 e.